The van der Waals surface area contributed by atoms with Crippen molar-refractivity contribution in [2.24, 2.45) is 5.92 Å². The van der Waals surface area contributed by atoms with Gasteiger partial charge in [0.2, 0.25) is 5.95 Å². The number of likely N-dealkylation sites (tertiary alicyclic amines) is 1. The number of fused-ring (bicyclic) bond motifs is 6. The summed E-state index contributed by atoms with van der Waals surface area (Å²) in [5.74, 6) is 1.29. The monoisotopic (exact) mass is 514 g/mol. The van der Waals surface area contributed by atoms with Gasteiger partial charge >= 0.3 is 0 Å². The van der Waals surface area contributed by atoms with Crippen LogP contribution in [0.3, 0.4) is 0 Å². The van der Waals surface area contributed by atoms with Gasteiger partial charge in [0, 0.05) is 55.4 Å². The summed E-state index contributed by atoms with van der Waals surface area (Å²) >= 11 is 0. The van der Waals surface area contributed by atoms with E-state index in [1.54, 1.807) is 0 Å². The molecule has 10 heteroatoms. The second-order valence-corrected chi connectivity index (χ2v) is 11.4. The average molecular weight is 515 g/mol. The third kappa shape index (κ3) is 3.39. The lowest BCUT2D eigenvalue weighted by Crippen LogP contribution is -2.42. The Labute approximate surface area is 218 Å². The van der Waals surface area contributed by atoms with E-state index in [2.05, 4.69) is 47.0 Å². The molecule has 1 aliphatic carbocycles. The Morgan fingerprint density at radius 3 is 2.71 bits per heavy atom. The number of nitrogens with zero attached hydrogens (tertiary/aromatic N) is 6. The molecule has 8 nitrogen and oxygen atoms in total. The van der Waals surface area contributed by atoms with Crippen LogP contribution in [-0.2, 0) is 18.5 Å². The number of hydrogen-bond donors (Lipinski definition) is 2. The zero-order valence-electron chi connectivity index (χ0n) is 21.1. The molecule has 1 saturated carbocycles. The molecular formula is C28H28F2N8. The Morgan fingerprint density at radius 1 is 1.08 bits per heavy atom. The van der Waals surface area contributed by atoms with Crippen molar-refractivity contribution in [3.63, 3.8) is 0 Å². The predicted octanol–water partition coefficient (Wildman–Crippen LogP) is 4.14. The Balaban J connectivity index is 1.05. The Morgan fingerprint density at radius 2 is 1.97 bits per heavy atom. The van der Waals surface area contributed by atoms with Gasteiger partial charge < -0.3 is 15.2 Å². The highest BCUT2D eigenvalue weighted by molar-refractivity contribution is 5.83. The molecule has 2 saturated heterocycles. The maximum absolute atomic E-state index is 15.1. The Bertz CT molecular complexity index is 1580. The minimum absolute atomic E-state index is 0.0464. The molecule has 1 spiro atoms. The van der Waals surface area contributed by atoms with Gasteiger partial charge in [-0.15, -0.1) is 0 Å². The van der Waals surface area contributed by atoms with Crippen molar-refractivity contribution in [2.45, 2.75) is 56.8 Å². The number of pyridine rings is 1. The largest absolute Gasteiger partial charge is 0.322 e. The quantitative estimate of drug-likeness (QED) is 0.414. The molecule has 4 aromatic rings. The van der Waals surface area contributed by atoms with Crippen molar-refractivity contribution in [2.75, 3.05) is 18.4 Å². The van der Waals surface area contributed by atoms with Crippen molar-refractivity contribution in [3.05, 3.63) is 59.7 Å². The average Bonchev–Trinajstić information content (AvgIpc) is 3.13. The van der Waals surface area contributed by atoms with Crippen LogP contribution < -0.4 is 10.6 Å². The summed E-state index contributed by atoms with van der Waals surface area (Å²) in [6.45, 7) is 5.29. The first kappa shape index (κ1) is 22.5. The highest BCUT2D eigenvalue weighted by Gasteiger charge is 2.50. The van der Waals surface area contributed by atoms with Gasteiger partial charge in [0.25, 0.3) is 0 Å². The van der Waals surface area contributed by atoms with Gasteiger partial charge in [-0.3, -0.25) is 4.90 Å². The van der Waals surface area contributed by atoms with Gasteiger partial charge in [-0.2, -0.15) is 0 Å². The minimum Gasteiger partial charge on any atom is -0.322 e. The summed E-state index contributed by atoms with van der Waals surface area (Å²) in [6, 6.07) is 8.21. The second-order valence-electron chi connectivity index (χ2n) is 11.4. The van der Waals surface area contributed by atoms with Crippen LogP contribution in [0.2, 0.25) is 0 Å². The van der Waals surface area contributed by atoms with Gasteiger partial charge in [0.1, 0.15) is 22.9 Å². The third-order valence-electron chi connectivity index (χ3n) is 9.10. The SMILES string of the molecule is C[C@@H]1[C@H]2CN[C@@H]1CN2Cc1ccc(Nc2ncc(F)c(-c3cc(F)c4nc5n(c4c3)C3(CC5)CC3)n2)nc1. The number of rotatable bonds is 5. The zero-order chi connectivity index (χ0) is 25.6. The Hall–Kier alpha value is -3.50. The molecule has 3 fully saturated rings. The number of anilines is 2. The van der Waals surface area contributed by atoms with E-state index in [1.165, 1.54) is 6.07 Å². The molecule has 6 heterocycles. The number of halogens is 2. The number of benzene rings is 1. The van der Waals surface area contributed by atoms with Crippen molar-refractivity contribution in [3.8, 4) is 11.3 Å². The van der Waals surface area contributed by atoms with E-state index in [9.17, 15) is 4.39 Å². The first-order valence-electron chi connectivity index (χ1n) is 13.4. The van der Waals surface area contributed by atoms with E-state index in [-0.39, 0.29) is 17.2 Å². The molecule has 8 rings (SSSR count). The first-order valence-corrected chi connectivity index (χ1v) is 13.4. The van der Waals surface area contributed by atoms with Crippen LogP contribution in [-0.4, -0.2) is 54.6 Å². The highest BCUT2D eigenvalue weighted by Crippen LogP contribution is 2.53. The van der Waals surface area contributed by atoms with E-state index in [1.807, 2.05) is 24.4 Å². The van der Waals surface area contributed by atoms with Crippen molar-refractivity contribution in [1.82, 2.24) is 34.7 Å². The van der Waals surface area contributed by atoms with E-state index in [4.69, 9.17) is 0 Å². The fraction of sp³-hybridized carbons (Fsp3) is 0.429. The number of imidazole rings is 1. The highest BCUT2D eigenvalue weighted by atomic mass is 19.1. The topological polar surface area (TPSA) is 83.8 Å². The normalized spacial score (nSPS) is 25.0. The maximum Gasteiger partial charge on any atom is 0.229 e. The molecule has 0 unspecified atom stereocenters. The molecule has 2 bridgehead atoms. The minimum atomic E-state index is -0.608. The molecular weight excluding hydrogens is 486 g/mol. The van der Waals surface area contributed by atoms with Crippen LogP contribution in [0.4, 0.5) is 20.5 Å². The number of aryl methyl sites for hydroxylation is 1. The van der Waals surface area contributed by atoms with Crippen LogP contribution in [0.5, 0.6) is 0 Å². The molecule has 0 radical (unpaired) electrons. The van der Waals surface area contributed by atoms with Crippen molar-refractivity contribution in [1.29, 1.82) is 0 Å². The number of piperazine rings is 1. The molecule has 3 aliphatic heterocycles. The summed E-state index contributed by atoms with van der Waals surface area (Å²) in [5.41, 5.74) is 2.68. The lowest BCUT2D eigenvalue weighted by molar-refractivity contribution is 0.210. The van der Waals surface area contributed by atoms with Crippen LogP contribution >= 0.6 is 0 Å². The first-order chi connectivity index (χ1) is 18.5. The molecule has 4 aliphatic rings. The van der Waals surface area contributed by atoms with Gasteiger partial charge in [0.05, 0.1) is 11.7 Å². The third-order valence-corrected chi connectivity index (χ3v) is 9.10. The summed E-state index contributed by atoms with van der Waals surface area (Å²) < 4.78 is 32.2. The van der Waals surface area contributed by atoms with Gasteiger partial charge in [-0.25, -0.2) is 28.7 Å². The molecule has 194 valence electrons. The summed E-state index contributed by atoms with van der Waals surface area (Å²) in [7, 11) is 0. The lowest BCUT2D eigenvalue weighted by atomic mass is 10.0. The van der Waals surface area contributed by atoms with Crippen LogP contribution in [0.15, 0.2) is 36.7 Å². The molecule has 0 amide bonds. The predicted molar refractivity (Wildman–Crippen MR) is 139 cm³/mol. The Kier molecular flexibility index (Phi) is 4.73. The van der Waals surface area contributed by atoms with Crippen molar-refractivity contribution < 1.29 is 8.78 Å². The summed E-state index contributed by atoms with van der Waals surface area (Å²) in [6.07, 6.45) is 7.01. The fourth-order valence-electron chi connectivity index (χ4n) is 6.84. The van der Waals surface area contributed by atoms with E-state index in [0.717, 1.165) is 62.9 Å². The van der Waals surface area contributed by atoms with Gasteiger partial charge in [-0.05, 0) is 48.9 Å². The van der Waals surface area contributed by atoms with E-state index < -0.39 is 11.6 Å². The summed E-state index contributed by atoms with van der Waals surface area (Å²) in [5, 5.41) is 6.65. The molecule has 3 atom stereocenters. The zero-order valence-corrected chi connectivity index (χ0v) is 21.1. The van der Waals surface area contributed by atoms with E-state index >= 15 is 4.39 Å². The smallest absolute Gasteiger partial charge is 0.229 e. The number of nitrogens with one attached hydrogen (secondary N) is 2. The second kappa shape index (κ2) is 8.00. The number of hydrogen-bond acceptors (Lipinski definition) is 7. The van der Waals surface area contributed by atoms with Crippen molar-refractivity contribution >= 4 is 22.8 Å². The molecule has 1 aromatic carbocycles. The maximum atomic E-state index is 15.1. The number of aromatic nitrogens is 5. The summed E-state index contributed by atoms with van der Waals surface area (Å²) in [4.78, 5) is 20.1. The van der Waals surface area contributed by atoms with Crippen LogP contribution in [0, 0.1) is 17.6 Å². The van der Waals surface area contributed by atoms with E-state index in [0.29, 0.717) is 40.4 Å². The standard InChI is InChI=1S/C28H28F2N8/c1-15-20-14-37(22(15)12-31-20)13-16-2-3-23(32-10-16)34-27-33-11-19(30)25(36-27)17-8-18(29)26-21(9-17)38-24(35-26)4-5-28(38)6-7-28/h2-3,8-11,15,20,22,31H,4-7,12-14H2,1H3,(H,32,33,34,36)/t15-,20+,22+/m0/s1. The fourth-order valence-corrected chi connectivity index (χ4v) is 6.84. The lowest BCUT2D eigenvalue weighted by Gasteiger charge is -2.27. The van der Waals surface area contributed by atoms with Gasteiger partial charge in [-0.1, -0.05) is 13.0 Å². The molecule has 3 aromatic heterocycles. The molecule has 2 N–H and O–H groups in total. The van der Waals surface area contributed by atoms with Crippen LogP contribution in [0.25, 0.3) is 22.3 Å². The van der Waals surface area contributed by atoms with Gasteiger partial charge in [0.15, 0.2) is 11.6 Å². The molecule has 38 heavy (non-hydrogen) atoms. The van der Waals surface area contributed by atoms with Crippen LogP contribution in [0.1, 0.15) is 37.6 Å².